The highest BCUT2D eigenvalue weighted by atomic mass is 32.2. The molecule has 1 aliphatic carbocycles. The molecule has 0 unspecified atom stereocenters. The average Bonchev–Trinajstić information content (AvgIpc) is 3.16. The first-order chi connectivity index (χ1) is 9.76. The molecule has 2 heterocycles. The second kappa shape index (κ2) is 6.18. The smallest absolute Gasteiger partial charge is 0.260 e. The minimum Gasteiger partial charge on any atom is -0.390 e. The first-order valence-electron chi connectivity index (χ1n) is 7.09. The van der Waals surface area contributed by atoms with Crippen LogP contribution in [0.15, 0.2) is 10.6 Å². The fourth-order valence-electron chi connectivity index (χ4n) is 2.47. The van der Waals surface area contributed by atoms with Crippen molar-refractivity contribution in [1.82, 2.24) is 10.1 Å². The van der Waals surface area contributed by atoms with Crippen LogP contribution in [0.2, 0.25) is 0 Å². The van der Waals surface area contributed by atoms with Gasteiger partial charge in [-0.3, -0.25) is 0 Å². The van der Waals surface area contributed by atoms with Crippen LogP contribution in [0.4, 0.5) is 5.00 Å². The van der Waals surface area contributed by atoms with E-state index in [-0.39, 0.29) is 0 Å². The number of aryl methyl sites for hydroxylation is 1. The van der Waals surface area contributed by atoms with Gasteiger partial charge in [-0.05, 0) is 25.3 Å². The van der Waals surface area contributed by atoms with Crippen LogP contribution in [0.25, 0.3) is 11.5 Å². The van der Waals surface area contributed by atoms with Crippen molar-refractivity contribution in [2.45, 2.75) is 50.0 Å². The van der Waals surface area contributed by atoms with E-state index in [1.165, 1.54) is 30.6 Å². The molecule has 0 aromatic carbocycles. The van der Waals surface area contributed by atoms with E-state index in [0.717, 1.165) is 33.8 Å². The fourth-order valence-corrected chi connectivity index (χ4v) is 4.50. The lowest BCUT2D eigenvalue weighted by molar-refractivity contribution is 0.425. The summed E-state index contributed by atoms with van der Waals surface area (Å²) >= 11 is 3.54. The Hall–Kier alpha value is -1.01. The van der Waals surface area contributed by atoms with E-state index < -0.39 is 0 Å². The number of nitrogen functional groups attached to an aromatic ring is 1. The number of thiophene rings is 1. The van der Waals surface area contributed by atoms with Crippen molar-refractivity contribution in [3.63, 3.8) is 0 Å². The number of anilines is 1. The number of nitrogens with two attached hydrogens (primary N) is 1. The lowest BCUT2D eigenvalue weighted by Gasteiger charge is -2.04. The summed E-state index contributed by atoms with van der Waals surface area (Å²) in [5.74, 6) is 2.17. The normalized spacial score (nSPS) is 16.1. The van der Waals surface area contributed by atoms with Gasteiger partial charge in [0.25, 0.3) is 5.89 Å². The van der Waals surface area contributed by atoms with E-state index in [0.29, 0.717) is 5.89 Å². The molecular weight excluding hydrogens is 290 g/mol. The lowest BCUT2D eigenvalue weighted by Crippen LogP contribution is -1.95. The molecule has 6 heteroatoms. The molecule has 108 valence electrons. The van der Waals surface area contributed by atoms with Gasteiger partial charge in [-0.15, -0.1) is 11.3 Å². The zero-order chi connectivity index (χ0) is 13.9. The van der Waals surface area contributed by atoms with Gasteiger partial charge in [0.15, 0.2) is 5.82 Å². The molecule has 2 aromatic rings. The van der Waals surface area contributed by atoms with Gasteiger partial charge >= 0.3 is 0 Å². The van der Waals surface area contributed by atoms with Gasteiger partial charge in [0.2, 0.25) is 0 Å². The molecule has 0 saturated heterocycles. The largest absolute Gasteiger partial charge is 0.390 e. The van der Waals surface area contributed by atoms with E-state index in [4.69, 9.17) is 10.3 Å². The highest BCUT2D eigenvalue weighted by Crippen LogP contribution is 2.34. The molecule has 1 aliphatic rings. The first-order valence-corrected chi connectivity index (χ1v) is 8.95. The van der Waals surface area contributed by atoms with Crippen LogP contribution < -0.4 is 5.73 Å². The van der Waals surface area contributed by atoms with Gasteiger partial charge in [-0.1, -0.05) is 24.9 Å². The standard InChI is InChI=1S/C14H19N3OS2/c1-2-9-7-11(13(15)20-9)14-16-12(17-18-14)8-19-10-5-3-4-6-10/h7,10H,2-6,8,15H2,1H3. The van der Waals surface area contributed by atoms with Crippen LogP contribution in [-0.2, 0) is 12.2 Å². The van der Waals surface area contributed by atoms with E-state index in [1.807, 2.05) is 11.8 Å². The van der Waals surface area contributed by atoms with Crippen LogP contribution >= 0.6 is 23.1 Å². The summed E-state index contributed by atoms with van der Waals surface area (Å²) in [6.07, 6.45) is 6.35. The predicted octanol–water partition coefficient (Wildman–Crippen LogP) is 4.12. The molecule has 20 heavy (non-hydrogen) atoms. The van der Waals surface area contributed by atoms with Gasteiger partial charge in [0, 0.05) is 10.1 Å². The lowest BCUT2D eigenvalue weighted by atomic mass is 10.2. The summed E-state index contributed by atoms with van der Waals surface area (Å²) in [5, 5.41) is 5.61. The Morgan fingerprint density at radius 1 is 1.45 bits per heavy atom. The molecule has 0 bridgehead atoms. The fraction of sp³-hybridized carbons (Fsp3) is 0.571. The van der Waals surface area contributed by atoms with Crippen LogP contribution in [0.1, 0.15) is 43.3 Å². The van der Waals surface area contributed by atoms with Crippen LogP contribution in [-0.4, -0.2) is 15.4 Å². The van der Waals surface area contributed by atoms with Gasteiger partial charge in [0.1, 0.15) is 0 Å². The van der Waals surface area contributed by atoms with Crippen LogP contribution in [0.3, 0.4) is 0 Å². The zero-order valence-corrected chi connectivity index (χ0v) is 13.2. The summed E-state index contributed by atoms with van der Waals surface area (Å²) in [6.45, 7) is 2.12. The third-order valence-corrected chi connectivity index (χ3v) is 6.09. The molecule has 0 atom stereocenters. The van der Waals surface area contributed by atoms with Crippen LogP contribution in [0.5, 0.6) is 0 Å². The Morgan fingerprint density at radius 2 is 2.25 bits per heavy atom. The minimum absolute atomic E-state index is 0.556. The Bertz CT molecular complexity index is 573. The third kappa shape index (κ3) is 3.01. The molecule has 1 fully saturated rings. The molecule has 1 saturated carbocycles. The highest BCUT2D eigenvalue weighted by Gasteiger charge is 2.18. The second-order valence-electron chi connectivity index (χ2n) is 5.08. The van der Waals surface area contributed by atoms with E-state index >= 15 is 0 Å². The molecule has 0 amide bonds. The maximum Gasteiger partial charge on any atom is 0.260 e. The summed E-state index contributed by atoms with van der Waals surface area (Å²) in [4.78, 5) is 5.73. The van der Waals surface area contributed by atoms with Crippen molar-refractivity contribution in [3.8, 4) is 11.5 Å². The van der Waals surface area contributed by atoms with Gasteiger partial charge in [-0.2, -0.15) is 16.7 Å². The number of hydrogen-bond donors (Lipinski definition) is 1. The Labute approximate surface area is 127 Å². The maximum absolute atomic E-state index is 6.02. The van der Waals surface area contributed by atoms with Crippen LogP contribution in [0, 0.1) is 0 Å². The van der Waals surface area contributed by atoms with Crippen molar-refractivity contribution in [2.24, 2.45) is 0 Å². The van der Waals surface area contributed by atoms with Crippen molar-refractivity contribution >= 4 is 28.1 Å². The number of thioether (sulfide) groups is 1. The summed E-state index contributed by atoms with van der Waals surface area (Å²) in [5.41, 5.74) is 6.90. The first kappa shape index (κ1) is 13.9. The summed E-state index contributed by atoms with van der Waals surface area (Å²) in [7, 11) is 0. The average molecular weight is 309 g/mol. The van der Waals surface area contributed by atoms with E-state index in [1.54, 1.807) is 11.3 Å². The topological polar surface area (TPSA) is 64.9 Å². The highest BCUT2D eigenvalue weighted by molar-refractivity contribution is 7.99. The third-order valence-electron chi connectivity index (χ3n) is 3.61. The molecule has 2 N–H and O–H groups in total. The Morgan fingerprint density at radius 3 is 2.95 bits per heavy atom. The quantitative estimate of drug-likeness (QED) is 0.900. The number of rotatable bonds is 5. The molecule has 0 aliphatic heterocycles. The van der Waals surface area contributed by atoms with Crippen molar-refractivity contribution in [2.75, 3.05) is 5.73 Å². The van der Waals surface area contributed by atoms with Crippen molar-refractivity contribution < 1.29 is 4.52 Å². The van der Waals surface area contributed by atoms with Gasteiger partial charge in [-0.25, -0.2) is 0 Å². The van der Waals surface area contributed by atoms with E-state index in [2.05, 4.69) is 23.1 Å². The molecule has 4 nitrogen and oxygen atoms in total. The minimum atomic E-state index is 0.556. The predicted molar refractivity (Wildman–Crippen MR) is 85.0 cm³/mol. The van der Waals surface area contributed by atoms with Crippen molar-refractivity contribution in [1.29, 1.82) is 0 Å². The SMILES string of the molecule is CCc1cc(-c2nc(CSC3CCCC3)no2)c(N)s1. The molecule has 0 radical (unpaired) electrons. The summed E-state index contributed by atoms with van der Waals surface area (Å²) < 4.78 is 5.36. The monoisotopic (exact) mass is 309 g/mol. The van der Waals surface area contributed by atoms with Gasteiger partial charge < -0.3 is 10.3 Å². The van der Waals surface area contributed by atoms with E-state index in [9.17, 15) is 0 Å². The molecular formula is C14H19N3OS2. The zero-order valence-electron chi connectivity index (χ0n) is 11.6. The maximum atomic E-state index is 6.02. The van der Waals surface area contributed by atoms with Gasteiger partial charge in [0.05, 0.1) is 16.3 Å². The number of hydrogen-bond acceptors (Lipinski definition) is 6. The number of aromatic nitrogens is 2. The molecule has 3 rings (SSSR count). The van der Waals surface area contributed by atoms with Crippen molar-refractivity contribution in [3.05, 3.63) is 16.8 Å². The number of nitrogens with zero attached hydrogens (tertiary/aromatic N) is 2. The summed E-state index contributed by atoms with van der Waals surface area (Å²) in [6, 6.07) is 2.06. The Balaban J connectivity index is 1.67. The molecule has 0 spiro atoms. The molecule has 2 aromatic heterocycles. The Kier molecular flexibility index (Phi) is 4.31. The second-order valence-corrected chi connectivity index (χ2v) is 7.53.